The zero-order valence-electron chi connectivity index (χ0n) is 14.5. The molecule has 0 fully saturated rings. The van der Waals surface area contributed by atoms with Crippen LogP contribution >= 0.6 is 11.3 Å². The first-order valence-electron chi connectivity index (χ1n) is 7.86. The molecule has 3 aromatic rings. The maximum atomic E-state index is 11.4. The average Bonchev–Trinajstić information content (AvgIpc) is 3.11. The number of hydrogen-bond acceptors (Lipinski definition) is 8. The lowest BCUT2D eigenvalue weighted by Gasteiger charge is -2.17. The third-order valence-corrected chi connectivity index (χ3v) is 4.92. The SMILES string of the molecule is Cc1c(C(=O)O)sc2ncnc(N(C)Cc3noc(CC(C)C)n3)c12. The lowest BCUT2D eigenvalue weighted by molar-refractivity contribution is 0.0701. The first-order valence-corrected chi connectivity index (χ1v) is 8.68. The van der Waals surface area contributed by atoms with E-state index in [0.29, 0.717) is 40.4 Å². The normalized spacial score (nSPS) is 11.4. The van der Waals surface area contributed by atoms with Crippen LogP contribution in [0.5, 0.6) is 0 Å². The Balaban J connectivity index is 1.90. The van der Waals surface area contributed by atoms with Gasteiger partial charge >= 0.3 is 5.97 Å². The molecule has 8 nitrogen and oxygen atoms in total. The number of fused-ring (bicyclic) bond motifs is 1. The molecule has 0 unspecified atom stereocenters. The van der Waals surface area contributed by atoms with Gasteiger partial charge in [-0.3, -0.25) is 0 Å². The van der Waals surface area contributed by atoms with Crippen molar-refractivity contribution in [3.8, 4) is 0 Å². The van der Waals surface area contributed by atoms with Crippen LogP contribution in [0.2, 0.25) is 0 Å². The lowest BCUT2D eigenvalue weighted by Crippen LogP contribution is -2.19. The largest absolute Gasteiger partial charge is 0.477 e. The fourth-order valence-corrected chi connectivity index (χ4v) is 3.60. The third kappa shape index (κ3) is 3.46. The molecule has 132 valence electrons. The van der Waals surface area contributed by atoms with Crippen molar-refractivity contribution in [3.05, 3.63) is 28.5 Å². The number of aryl methyl sites for hydroxylation is 1. The second-order valence-electron chi connectivity index (χ2n) is 6.30. The van der Waals surface area contributed by atoms with Crippen LogP contribution in [0.25, 0.3) is 10.2 Å². The van der Waals surface area contributed by atoms with Gasteiger partial charge in [0.25, 0.3) is 0 Å². The molecule has 0 radical (unpaired) electrons. The Morgan fingerprint density at radius 2 is 2.16 bits per heavy atom. The number of anilines is 1. The number of nitrogens with zero attached hydrogens (tertiary/aromatic N) is 5. The van der Waals surface area contributed by atoms with Gasteiger partial charge in [-0.2, -0.15) is 4.98 Å². The molecule has 9 heteroatoms. The van der Waals surface area contributed by atoms with Crippen LogP contribution in [0.1, 0.15) is 40.8 Å². The highest BCUT2D eigenvalue weighted by Crippen LogP contribution is 2.34. The van der Waals surface area contributed by atoms with Gasteiger partial charge in [0.05, 0.1) is 11.9 Å². The summed E-state index contributed by atoms with van der Waals surface area (Å²) < 4.78 is 5.26. The van der Waals surface area contributed by atoms with Crippen LogP contribution in [-0.4, -0.2) is 38.2 Å². The second-order valence-corrected chi connectivity index (χ2v) is 7.30. The van der Waals surface area contributed by atoms with Crippen LogP contribution in [0.4, 0.5) is 5.82 Å². The summed E-state index contributed by atoms with van der Waals surface area (Å²) in [5.74, 6) is 1.32. The lowest BCUT2D eigenvalue weighted by atomic mass is 10.1. The maximum Gasteiger partial charge on any atom is 0.346 e. The highest BCUT2D eigenvalue weighted by molar-refractivity contribution is 7.20. The molecule has 0 atom stereocenters. The maximum absolute atomic E-state index is 11.4. The summed E-state index contributed by atoms with van der Waals surface area (Å²) in [7, 11) is 1.86. The first kappa shape index (κ1) is 17.3. The van der Waals surface area contributed by atoms with Gasteiger partial charge in [0.15, 0.2) is 5.82 Å². The Morgan fingerprint density at radius 3 is 2.84 bits per heavy atom. The number of rotatable bonds is 6. The predicted molar refractivity (Wildman–Crippen MR) is 94.1 cm³/mol. The number of aromatic nitrogens is 4. The van der Waals surface area contributed by atoms with Crippen molar-refractivity contribution in [2.75, 3.05) is 11.9 Å². The zero-order chi connectivity index (χ0) is 18.1. The van der Waals surface area contributed by atoms with E-state index in [4.69, 9.17) is 4.52 Å². The second kappa shape index (κ2) is 6.75. The Labute approximate surface area is 148 Å². The minimum atomic E-state index is -0.953. The summed E-state index contributed by atoms with van der Waals surface area (Å²) >= 11 is 1.15. The third-order valence-electron chi connectivity index (χ3n) is 3.73. The fourth-order valence-electron chi connectivity index (χ4n) is 2.62. The number of carboxylic acid groups (broad SMARTS) is 1. The number of aromatic carboxylic acids is 1. The van der Waals surface area contributed by atoms with Crippen molar-refractivity contribution in [1.29, 1.82) is 0 Å². The van der Waals surface area contributed by atoms with E-state index in [9.17, 15) is 9.90 Å². The van der Waals surface area contributed by atoms with Crippen LogP contribution in [0.3, 0.4) is 0 Å². The van der Waals surface area contributed by atoms with Gasteiger partial charge in [-0.05, 0) is 18.4 Å². The Hall–Kier alpha value is -2.55. The summed E-state index contributed by atoms with van der Waals surface area (Å²) in [6.07, 6.45) is 2.18. The fraction of sp³-hybridized carbons (Fsp3) is 0.438. The molecule has 0 aromatic carbocycles. The average molecular weight is 361 g/mol. The molecule has 3 heterocycles. The molecule has 1 N–H and O–H groups in total. The van der Waals surface area contributed by atoms with E-state index in [2.05, 4.69) is 34.0 Å². The molecule has 0 saturated carbocycles. The van der Waals surface area contributed by atoms with Gasteiger partial charge in [0.1, 0.15) is 21.9 Å². The molecule has 0 aliphatic heterocycles. The van der Waals surface area contributed by atoms with Gasteiger partial charge < -0.3 is 14.5 Å². The van der Waals surface area contributed by atoms with Crippen molar-refractivity contribution in [2.45, 2.75) is 33.7 Å². The number of thiophene rings is 1. The van der Waals surface area contributed by atoms with Crippen LogP contribution in [-0.2, 0) is 13.0 Å². The Morgan fingerprint density at radius 1 is 1.40 bits per heavy atom. The van der Waals surface area contributed by atoms with Gasteiger partial charge in [-0.15, -0.1) is 11.3 Å². The molecule has 0 amide bonds. The standard InChI is InChI=1S/C16H19N5O3S/c1-8(2)5-11-19-10(20-24-11)6-21(4)14-12-9(3)13(16(22)23)25-15(12)18-7-17-14/h7-8H,5-6H2,1-4H3,(H,22,23). The van der Waals surface area contributed by atoms with Crippen molar-refractivity contribution >= 4 is 33.3 Å². The minimum absolute atomic E-state index is 0.281. The zero-order valence-corrected chi connectivity index (χ0v) is 15.3. The molecule has 0 bridgehead atoms. The van der Waals surface area contributed by atoms with Gasteiger partial charge in [0.2, 0.25) is 5.89 Å². The van der Waals surface area contributed by atoms with E-state index in [1.54, 1.807) is 6.92 Å². The number of carboxylic acids is 1. The Kier molecular flexibility index (Phi) is 4.67. The van der Waals surface area contributed by atoms with Crippen molar-refractivity contribution in [1.82, 2.24) is 20.1 Å². The van der Waals surface area contributed by atoms with E-state index in [-0.39, 0.29) is 4.88 Å². The molecule has 0 aliphatic rings. The minimum Gasteiger partial charge on any atom is -0.477 e. The Bertz CT molecular complexity index is 918. The molecular formula is C16H19N5O3S. The van der Waals surface area contributed by atoms with Gasteiger partial charge in [-0.1, -0.05) is 19.0 Å². The summed E-state index contributed by atoms with van der Waals surface area (Å²) in [6, 6.07) is 0. The summed E-state index contributed by atoms with van der Waals surface area (Å²) in [5, 5.41) is 14.1. The van der Waals surface area contributed by atoms with Crippen LogP contribution in [0.15, 0.2) is 10.9 Å². The van der Waals surface area contributed by atoms with Crippen LogP contribution < -0.4 is 4.90 Å². The predicted octanol–water partition coefficient (Wildman–Crippen LogP) is 2.92. The quantitative estimate of drug-likeness (QED) is 0.714. The van der Waals surface area contributed by atoms with Crippen molar-refractivity contribution < 1.29 is 14.4 Å². The van der Waals surface area contributed by atoms with Crippen LogP contribution in [0, 0.1) is 12.8 Å². The molecular weight excluding hydrogens is 342 g/mol. The summed E-state index contributed by atoms with van der Waals surface area (Å²) in [4.78, 5) is 27.1. The highest BCUT2D eigenvalue weighted by atomic mass is 32.1. The van der Waals surface area contributed by atoms with E-state index in [0.717, 1.165) is 23.1 Å². The molecule has 0 saturated heterocycles. The van der Waals surface area contributed by atoms with Crippen molar-refractivity contribution in [2.24, 2.45) is 5.92 Å². The van der Waals surface area contributed by atoms with Gasteiger partial charge in [0, 0.05) is 13.5 Å². The van der Waals surface area contributed by atoms with E-state index in [1.165, 1.54) is 6.33 Å². The van der Waals surface area contributed by atoms with Gasteiger partial charge in [-0.25, -0.2) is 14.8 Å². The topological polar surface area (TPSA) is 105 Å². The number of hydrogen-bond donors (Lipinski definition) is 1. The first-order chi connectivity index (χ1) is 11.9. The number of carbonyl (C=O) groups is 1. The van der Waals surface area contributed by atoms with E-state index in [1.807, 2.05) is 11.9 Å². The van der Waals surface area contributed by atoms with E-state index >= 15 is 0 Å². The van der Waals surface area contributed by atoms with Crippen molar-refractivity contribution in [3.63, 3.8) is 0 Å². The molecule has 25 heavy (non-hydrogen) atoms. The smallest absolute Gasteiger partial charge is 0.346 e. The molecule has 3 aromatic heterocycles. The summed E-state index contributed by atoms with van der Waals surface area (Å²) in [6.45, 7) is 6.36. The summed E-state index contributed by atoms with van der Waals surface area (Å²) in [5.41, 5.74) is 0.670. The monoisotopic (exact) mass is 361 g/mol. The van der Waals surface area contributed by atoms with E-state index < -0.39 is 5.97 Å². The molecule has 0 aliphatic carbocycles. The molecule has 3 rings (SSSR count). The highest BCUT2D eigenvalue weighted by Gasteiger charge is 2.21. The molecule has 0 spiro atoms.